The van der Waals surface area contributed by atoms with E-state index in [0.29, 0.717) is 5.56 Å². The predicted molar refractivity (Wildman–Crippen MR) is 81.8 cm³/mol. The van der Waals surface area contributed by atoms with E-state index >= 15 is 0 Å². The second-order valence-electron chi connectivity index (χ2n) is 4.02. The van der Waals surface area contributed by atoms with Crippen LogP contribution in [0.3, 0.4) is 0 Å². The molecule has 0 saturated heterocycles. The van der Waals surface area contributed by atoms with Crippen molar-refractivity contribution in [3.63, 3.8) is 0 Å². The molecule has 0 spiro atoms. The SMILES string of the molecule is O=C(O)c1cccc(CNS(=O)(=O)c2cc(Cl)sc2Cl)c1. The van der Waals surface area contributed by atoms with Crippen LogP contribution in [0.5, 0.6) is 0 Å². The lowest BCUT2D eigenvalue weighted by molar-refractivity contribution is 0.0696. The fourth-order valence-electron chi connectivity index (χ4n) is 1.58. The van der Waals surface area contributed by atoms with Crippen molar-refractivity contribution in [1.29, 1.82) is 0 Å². The molecule has 112 valence electrons. The molecular weight excluding hydrogens is 357 g/mol. The van der Waals surface area contributed by atoms with Gasteiger partial charge in [0.05, 0.1) is 9.90 Å². The Hall–Kier alpha value is -1.12. The monoisotopic (exact) mass is 365 g/mol. The molecule has 0 atom stereocenters. The number of benzene rings is 1. The zero-order valence-corrected chi connectivity index (χ0v) is 13.5. The summed E-state index contributed by atoms with van der Waals surface area (Å²) in [5.74, 6) is -1.08. The van der Waals surface area contributed by atoms with Gasteiger partial charge in [-0.25, -0.2) is 17.9 Å². The predicted octanol–water partition coefficient (Wildman–Crippen LogP) is 3.23. The average molecular weight is 366 g/mol. The number of carboxylic acids is 1. The second-order valence-corrected chi connectivity index (χ2v) is 8.04. The maximum absolute atomic E-state index is 12.1. The molecule has 1 heterocycles. The molecule has 0 aliphatic carbocycles. The smallest absolute Gasteiger partial charge is 0.335 e. The normalized spacial score (nSPS) is 11.5. The highest BCUT2D eigenvalue weighted by Crippen LogP contribution is 2.34. The third-order valence-corrected chi connectivity index (χ3v) is 5.71. The minimum atomic E-state index is -3.80. The van der Waals surface area contributed by atoms with Crippen LogP contribution in [0, 0.1) is 0 Å². The third kappa shape index (κ3) is 3.96. The number of carbonyl (C=O) groups is 1. The van der Waals surface area contributed by atoms with Crippen LogP contribution < -0.4 is 4.72 Å². The Kier molecular flexibility index (Phi) is 4.90. The van der Waals surface area contributed by atoms with Crippen molar-refractivity contribution in [2.45, 2.75) is 11.4 Å². The average Bonchev–Trinajstić information content (AvgIpc) is 2.77. The van der Waals surface area contributed by atoms with Gasteiger partial charge >= 0.3 is 5.97 Å². The summed E-state index contributed by atoms with van der Waals surface area (Å²) in [7, 11) is -3.80. The number of halogens is 2. The van der Waals surface area contributed by atoms with Gasteiger partial charge in [0.1, 0.15) is 9.23 Å². The molecule has 2 N–H and O–H groups in total. The largest absolute Gasteiger partial charge is 0.478 e. The molecular formula is C12H9Cl2NO4S2. The fraction of sp³-hybridized carbons (Fsp3) is 0.0833. The molecule has 0 unspecified atom stereocenters. The van der Waals surface area contributed by atoms with Crippen LogP contribution in [0.15, 0.2) is 35.2 Å². The van der Waals surface area contributed by atoms with Crippen molar-refractivity contribution in [2.24, 2.45) is 0 Å². The Morgan fingerprint density at radius 3 is 2.57 bits per heavy atom. The van der Waals surface area contributed by atoms with Crippen molar-refractivity contribution in [3.05, 3.63) is 50.1 Å². The molecule has 0 radical (unpaired) electrons. The Bertz CT molecular complexity index is 786. The molecule has 2 rings (SSSR count). The van der Waals surface area contributed by atoms with Gasteiger partial charge in [0.15, 0.2) is 0 Å². The van der Waals surface area contributed by atoms with E-state index in [2.05, 4.69) is 4.72 Å². The van der Waals surface area contributed by atoms with Crippen molar-refractivity contribution < 1.29 is 18.3 Å². The third-order valence-electron chi connectivity index (χ3n) is 2.56. The van der Waals surface area contributed by atoms with Gasteiger partial charge in [-0.3, -0.25) is 0 Å². The van der Waals surface area contributed by atoms with Crippen LogP contribution in [0.25, 0.3) is 0 Å². The Balaban J connectivity index is 2.17. The molecule has 1 aromatic carbocycles. The zero-order chi connectivity index (χ0) is 15.6. The maximum atomic E-state index is 12.1. The topological polar surface area (TPSA) is 83.5 Å². The first-order chi connectivity index (χ1) is 9.79. The van der Waals surface area contributed by atoms with Crippen LogP contribution >= 0.6 is 34.5 Å². The minimum Gasteiger partial charge on any atom is -0.478 e. The highest BCUT2D eigenvalue weighted by atomic mass is 35.5. The van der Waals surface area contributed by atoms with Crippen LogP contribution in [-0.2, 0) is 16.6 Å². The highest BCUT2D eigenvalue weighted by Gasteiger charge is 2.20. The lowest BCUT2D eigenvalue weighted by Crippen LogP contribution is -2.23. The first-order valence-corrected chi connectivity index (χ1v) is 8.62. The summed E-state index contributed by atoms with van der Waals surface area (Å²) in [5.41, 5.74) is 0.610. The van der Waals surface area contributed by atoms with Gasteiger partial charge in [0, 0.05) is 6.54 Å². The number of hydrogen-bond donors (Lipinski definition) is 2. The summed E-state index contributed by atoms with van der Waals surface area (Å²) in [4.78, 5) is 10.8. The van der Waals surface area contributed by atoms with Gasteiger partial charge in [0.25, 0.3) is 0 Å². The van der Waals surface area contributed by atoms with Gasteiger partial charge in [-0.2, -0.15) is 0 Å². The van der Waals surface area contributed by atoms with Gasteiger partial charge in [-0.1, -0.05) is 35.3 Å². The molecule has 0 bridgehead atoms. The molecule has 0 aliphatic heterocycles. The Labute approximate surface area is 135 Å². The Morgan fingerprint density at radius 1 is 1.29 bits per heavy atom. The van der Waals surface area contributed by atoms with E-state index in [0.717, 1.165) is 11.3 Å². The molecule has 9 heteroatoms. The van der Waals surface area contributed by atoms with Gasteiger partial charge in [0.2, 0.25) is 10.0 Å². The number of carboxylic acid groups (broad SMARTS) is 1. The van der Waals surface area contributed by atoms with Gasteiger partial charge < -0.3 is 5.11 Å². The molecule has 2 aromatic rings. The van der Waals surface area contributed by atoms with Crippen LogP contribution in [0.2, 0.25) is 8.67 Å². The molecule has 5 nitrogen and oxygen atoms in total. The first-order valence-electron chi connectivity index (χ1n) is 5.56. The van der Waals surface area contributed by atoms with Crippen LogP contribution in [-0.4, -0.2) is 19.5 Å². The quantitative estimate of drug-likeness (QED) is 0.851. The molecule has 0 fully saturated rings. The summed E-state index contributed by atoms with van der Waals surface area (Å²) in [6.07, 6.45) is 0. The zero-order valence-electron chi connectivity index (χ0n) is 10.3. The standard InChI is InChI=1S/C12H9Cl2NO4S2/c13-10-5-9(11(14)20-10)21(18,19)15-6-7-2-1-3-8(4-7)12(16)17/h1-5,15H,6H2,(H,16,17). The maximum Gasteiger partial charge on any atom is 0.335 e. The van der Waals surface area contributed by atoms with E-state index < -0.39 is 16.0 Å². The van der Waals surface area contributed by atoms with Crippen LogP contribution in [0.4, 0.5) is 0 Å². The summed E-state index contributed by atoms with van der Waals surface area (Å²) in [5, 5.41) is 8.89. The van der Waals surface area contributed by atoms with E-state index in [1.165, 1.54) is 18.2 Å². The van der Waals surface area contributed by atoms with Crippen molar-refractivity contribution in [3.8, 4) is 0 Å². The van der Waals surface area contributed by atoms with E-state index in [4.69, 9.17) is 28.3 Å². The summed E-state index contributed by atoms with van der Waals surface area (Å²) in [6, 6.07) is 7.26. The lowest BCUT2D eigenvalue weighted by Gasteiger charge is -2.06. The minimum absolute atomic E-state index is 0.0484. The molecule has 0 saturated carbocycles. The Morgan fingerprint density at radius 2 is 2.00 bits per heavy atom. The number of hydrogen-bond acceptors (Lipinski definition) is 4. The number of aromatic carboxylic acids is 1. The van der Waals surface area contributed by atoms with Crippen molar-refractivity contribution in [1.82, 2.24) is 4.72 Å². The number of nitrogens with one attached hydrogen (secondary N) is 1. The van der Waals surface area contributed by atoms with E-state index in [9.17, 15) is 13.2 Å². The number of sulfonamides is 1. The summed E-state index contributed by atoms with van der Waals surface area (Å²) >= 11 is 12.5. The summed E-state index contributed by atoms with van der Waals surface area (Å²) in [6.45, 7) is -0.0484. The van der Waals surface area contributed by atoms with E-state index in [1.807, 2.05) is 0 Å². The molecule has 21 heavy (non-hydrogen) atoms. The molecule has 0 amide bonds. The fourth-order valence-corrected chi connectivity index (χ4v) is 4.74. The van der Waals surface area contributed by atoms with Gasteiger partial charge in [-0.05, 0) is 23.8 Å². The van der Waals surface area contributed by atoms with Crippen molar-refractivity contribution >= 4 is 50.5 Å². The highest BCUT2D eigenvalue weighted by molar-refractivity contribution is 7.89. The molecule has 1 aromatic heterocycles. The first kappa shape index (κ1) is 16.3. The van der Waals surface area contributed by atoms with Crippen molar-refractivity contribution in [2.75, 3.05) is 0 Å². The lowest BCUT2D eigenvalue weighted by atomic mass is 10.1. The van der Waals surface area contributed by atoms with E-state index in [-0.39, 0.29) is 25.7 Å². The van der Waals surface area contributed by atoms with Crippen LogP contribution in [0.1, 0.15) is 15.9 Å². The number of thiophene rings is 1. The van der Waals surface area contributed by atoms with E-state index in [1.54, 1.807) is 12.1 Å². The second kappa shape index (κ2) is 6.33. The molecule has 0 aliphatic rings. The number of rotatable bonds is 5. The van der Waals surface area contributed by atoms with Gasteiger partial charge in [-0.15, -0.1) is 11.3 Å². The summed E-state index contributed by atoms with van der Waals surface area (Å²) < 4.78 is 26.9.